The Kier molecular flexibility index (Phi) is 7.13. The number of carbonyl (C=O) groups is 1. The van der Waals surface area contributed by atoms with E-state index in [-0.39, 0.29) is 34.9 Å². The highest BCUT2D eigenvalue weighted by atomic mass is 19.4. The van der Waals surface area contributed by atoms with Crippen molar-refractivity contribution in [1.82, 2.24) is 0 Å². The second-order valence-corrected chi connectivity index (χ2v) is 10.2. The average molecular weight is 543 g/mol. The van der Waals surface area contributed by atoms with E-state index in [0.717, 1.165) is 19.2 Å². The average Bonchev–Trinajstić information content (AvgIpc) is 3.32. The van der Waals surface area contributed by atoms with Gasteiger partial charge in [0.05, 0.1) is 13.7 Å². The molecule has 4 rings (SSSR count). The van der Waals surface area contributed by atoms with Gasteiger partial charge in [0.15, 0.2) is 17.5 Å². The highest BCUT2D eigenvalue weighted by Crippen LogP contribution is 2.55. The summed E-state index contributed by atoms with van der Waals surface area (Å²) in [6, 6.07) is 5.31. The molecule has 2 fully saturated rings. The number of ether oxygens (including phenoxy) is 4. The van der Waals surface area contributed by atoms with Crippen LogP contribution < -0.4 is 14.8 Å². The molecule has 38 heavy (non-hydrogen) atoms. The largest absolute Gasteiger partial charge is 0.618 e. The van der Waals surface area contributed by atoms with E-state index < -0.39 is 53.3 Å². The molecule has 0 aliphatic carbocycles. The summed E-state index contributed by atoms with van der Waals surface area (Å²) in [6.07, 6.45) is -5.97. The minimum atomic E-state index is -4.81. The van der Waals surface area contributed by atoms with E-state index in [4.69, 9.17) is 18.9 Å². The molecule has 12 heteroatoms. The van der Waals surface area contributed by atoms with Gasteiger partial charge in [0.2, 0.25) is 11.9 Å². The lowest BCUT2D eigenvalue weighted by Crippen LogP contribution is -2.47. The van der Waals surface area contributed by atoms with Gasteiger partial charge in [-0.3, -0.25) is 4.79 Å². The van der Waals surface area contributed by atoms with Gasteiger partial charge in [-0.15, -0.1) is 0 Å². The second-order valence-electron chi connectivity index (χ2n) is 10.2. The lowest BCUT2D eigenvalue weighted by atomic mass is 9.76. The van der Waals surface area contributed by atoms with Gasteiger partial charge in [-0.2, -0.15) is 17.9 Å². The normalized spacial score (nSPS) is 28.9. The van der Waals surface area contributed by atoms with Gasteiger partial charge >= 0.3 is 6.18 Å². The van der Waals surface area contributed by atoms with Crippen molar-refractivity contribution in [2.75, 3.05) is 19.0 Å². The summed E-state index contributed by atoms with van der Waals surface area (Å²) >= 11 is 0. The highest BCUT2D eigenvalue weighted by molar-refractivity contribution is 5.95. The van der Waals surface area contributed by atoms with Crippen LogP contribution in [0.25, 0.3) is 0 Å². The maximum atomic E-state index is 14.2. The molecule has 1 aromatic carbocycles. The molecule has 208 valence electrons. The number of rotatable bonds is 5. The summed E-state index contributed by atoms with van der Waals surface area (Å²) in [5.74, 6) is -4.70. The van der Waals surface area contributed by atoms with Crippen LogP contribution in [0.1, 0.15) is 56.5 Å². The number of benzene rings is 1. The molecule has 2 saturated heterocycles. The zero-order valence-corrected chi connectivity index (χ0v) is 21.8. The summed E-state index contributed by atoms with van der Waals surface area (Å²) in [5, 5.41) is 15.2. The Hall–Kier alpha value is -2.96. The highest BCUT2D eigenvalue weighted by Gasteiger charge is 2.65. The number of pyridine rings is 1. The fourth-order valence-corrected chi connectivity index (χ4v) is 5.11. The standard InChI is InChI=1S/C26H30F4N2O6/c1-13-17(27)9-8-16(21(13)35-6)20-14(2)25(5,26(28,29)30)38-22(20)23(33)31-15-7-10-18(32(34)11-15)19-12-36-24(3,4)37-19/h7-11,14,19-20,22H,12H2,1-6H3,(H,31,33)/t14-,19+,20-,22+,25+/m0/s1. The van der Waals surface area contributed by atoms with Crippen LogP contribution in [-0.4, -0.2) is 43.3 Å². The molecular weight excluding hydrogens is 512 g/mol. The smallest absolute Gasteiger partial charge is 0.417 e. The first-order chi connectivity index (χ1) is 17.6. The summed E-state index contributed by atoms with van der Waals surface area (Å²) < 4.78 is 79.2. The molecule has 2 aliphatic heterocycles. The maximum Gasteiger partial charge on any atom is 0.417 e. The minimum absolute atomic E-state index is 0.0399. The SMILES string of the molecule is COc1c([C@H]2[C@H](C(=O)Nc3ccc([C@H]4COC(C)(C)O4)[n+]([O-])c3)O[C@@](C)(C(F)(F)F)[C@H]2C)ccc(F)c1C. The second kappa shape index (κ2) is 9.65. The predicted molar refractivity (Wildman–Crippen MR) is 127 cm³/mol. The number of amides is 1. The van der Waals surface area contributed by atoms with Crippen LogP contribution in [0.4, 0.5) is 23.2 Å². The van der Waals surface area contributed by atoms with E-state index in [1.807, 2.05) is 0 Å². The van der Waals surface area contributed by atoms with Gasteiger partial charge in [-0.25, -0.2) is 4.39 Å². The zero-order chi connectivity index (χ0) is 28.2. The van der Waals surface area contributed by atoms with Crippen molar-refractivity contribution >= 4 is 11.6 Å². The number of carbonyl (C=O) groups excluding carboxylic acids is 1. The lowest BCUT2D eigenvalue weighted by Gasteiger charge is -2.32. The summed E-state index contributed by atoms with van der Waals surface area (Å²) in [7, 11) is 1.28. The zero-order valence-electron chi connectivity index (χ0n) is 21.8. The Morgan fingerprint density at radius 1 is 1.18 bits per heavy atom. The Bertz CT molecular complexity index is 1240. The number of hydrogen-bond acceptors (Lipinski definition) is 6. The van der Waals surface area contributed by atoms with Crippen molar-refractivity contribution in [3.63, 3.8) is 0 Å². The van der Waals surface area contributed by atoms with Crippen LogP contribution in [0.15, 0.2) is 30.5 Å². The third-order valence-electron chi connectivity index (χ3n) is 7.41. The van der Waals surface area contributed by atoms with Crippen molar-refractivity contribution < 1.29 is 46.0 Å². The molecule has 0 unspecified atom stereocenters. The monoisotopic (exact) mass is 542 g/mol. The number of methoxy groups -OCH3 is 1. The Balaban J connectivity index is 1.67. The quantitative estimate of drug-likeness (QED) is 0.335. The Labute approximate surface area is 217 Å². The van der Waals surface area contributed by atoms with Crippen molar-refractivity contribution in [3.05, 3.63) is 58.3 Å². The molecule has 0 spiro atoms. The Morgan fingerprint density at radius 2 is 1.87 bits per heavy atom. The summed E-state index contributed by atoms with van der Waals surface area (Å²) in [6.45, 7) is 7.22. The van der Waals surface area contributed by atoms with E-state index in [9.17, 15) is 27.6 Å². The number of nitrogens with zero attached hydrogens (tertiary/aromatic N) is 1. The fourth-order valence-electron chi connectivity index (χ4n) is 5.11. The van der Waals surface area contributed by atoms with Crippen molar-refractivity contribution in [2.45, 2.75) is 70.3 Å². The third kappa shape index (κ3) is 4.80. The van der Waals surface area contributed by atoms with Crippen molar-refractivity contribution in [2.24, 2.45) is 5.92 Å². The number of hydrogen-bond donors (Lipinski definition) is 1. The number of aromatic nitrogens is 1. The topological polar surface area (TPSA) is 93.0 Å². The molecule has 0 bridgehead atoms. The molecule has 0 radical (unpaired) electrons. The number of nitrogens with one attached hydrogen (secondary N) is 1. The first-order valence-electron chi connectivity index (χ1n) is 12.0. The van der Waals surface area contributed by atoms with Crippen LogP contribution in [0, 0.1) is 23.9 Å². The lowest BCUT2D eigenvalue weighted by molar-refractivity contribution is -0.617. The van der Waals surface area contributed by atoms with Crippen LogP contribution in [0.5, 0.6) is 5.75 Å². The van der Waals surface area contributed by atoms with Crippen molar-refractivity contribution in [3.8, 4) is 5.75 Å². The maximum absolute atomic E-state index is 14.2. The summed E-state index contributed by atoms with van der Waals surface area (Å²) in [5.41, 5.74) is -2.08. The van der Waals surface area contributed by atoms with E-state index >= 15 is 0 Å². The molecule has 2 aliphatic rings. The van der Waals surface area contributed by atoms with Gasteiger partial charge < -0.3 is 29.5 Å². The molecule has 5 atom stereocenters. The van der Waals surface area contributed by atoms with Crippen LogP contribution in [0.3, 0.4) is 0 Å². The summed E-state index contributed by atoms with van der Waals surface area (Å²) in [4.78, 5) is 13.4. The van der Waals surface area contributed by atoms with E-state index in [2.05, 4.69) is 5.32 Å². The van der Waals surface area contributed by atoms with Crippen molar-refractivity contribution in [1.29, 1.82) is 0 Å². The first kappa shape index (κ1) is 28.1. The molecule has 1 N–H and O–H groups in total. The number of anilines is 1. The van der Waals surface area contributed by atoms with Crippen LogP contribution in [0.2, 0.25) is 0 Å². The Morgan fingerprint density at radius 3 is 2.42 bits per heavy atom. The molecule has 3 heterocycles. The predicted octanol–water partition coefficient (Wildman–Crippen LogP) is 4.68. The van der Waals surface area contributed by atoms with Crippen LogP contribution >= 0.6 is 0 Å². The molecule has 8 nitrogen and oxygen atoms in total. The molecule has 1 aromatic heterocycles. The fraction of sp³-hybridized carbons (Fsp3) is 0.538. The number of halogens is 4. The first-order valence-corrected chi connectivity index (χ1v) is 12.0. The van der Waals surface area contributed by atoms with E-state index in [1.54, 1.807) is 13.8 Å². The van der Waals surface area contributed by atoms with Gasteiger partial charge in [-0.05, 0) is 39.8 Å². The van der Waals surface area contributed by atoms with Crippen LogP contribution in [-0.2, 0) is 19.0 Å². The molecule has 0 saturated carbocycles. The van der Waals surface area contributed by atoms with Gasteiger partial charge in [0.1, 0.15) is 23.4 Å². The number of alkyl halides is 3. The van der Waals surface area contributed by atoms with E-state index in [0.29, 0.717) is 4.73 Å². The molecular formula is C26H30F4N2O6. The van der Waals surface area contributed by atoms with Gasteiger partial charge in [-0.1, -0.05) is 13.0 Å². The van der Waals surface area contributed by atoms with Gasteiger partial charge in [0, 0.05) is 29.0 Å². The minimum Gasteiger partial charge on any atom is -0.618 e. The van der Waals surface area contributed by atoms with E-state index in [1.165, 1.54) is 39.2 Å². The van der Waals surface area contributed by atoms with Gasteiger partial charge in [0.25, 0.3) is 5.91 Å². The molecule has 2 aromatic rings. The molecule has 1 amide bonds. The third-order valence-corrected chi connectivity index (χ3v) is 7.41.